The van der Waals surface area contributed by atoms with Gasteiger partial charge in [-0.05, 0) is 26.8 Å². The van der Waals surface area contributed by atoms with Gasteiger partial charge in [0.15, 0.2) is 0 Å². The molecule has 0 fully saturated rings. The van der Waals surface area contributed by atoms with E-state index in [-0.39, 0.29) is 12.1 Å². The van der Waals surface area contributed by atoms with Crippen LogP contribution in [0.15, 0.2) is 24.3 Å². The third kappa shape index (κ3) is 2.74. The highest BCUT2D eigenvalue weighted by molar-refractivity contribution is 5.35. The molecular formula is C11H17NO. The lowest BCUT2D eigenvalue weighted by Crippen LogP contribution is -2.11. The van der Waals surface area contributed by atoms with E-state index in [1.54, 1.807) is 0 Å². The maximum atomic E-state index is 5.81. The number of benzene rings is 1. The highest BCUT2D eigenvalue weighted by Gasteiger charge is 2.07. The smallest absolute Gasteiger partial charge is 0.124 e. The van der Waals surface area contributed by atoms with Gasteiger partial charge in [-0.2, -0.15) is 0 Å². The van der Waals surface area contributed by atoms with Gasteiger partial charge in [-0.1, -0.05) is 18.2 Å². The zero-order valence-electron chi connectivity index (χ0n) is 8.45. The van der Waals surface area contributed by atoms with E-state index in [1.165, 1.54) is 0 Å². The van der Waals surface area contributed by atoms with Crippen molar-refractivity contribution in [1.82, 2.24) is 0 Å². The first-order valence-electron chi connectivity index (χ1n) is 4.62. The second-order valence-corrected chi connectivity index (χ2v) is 3.49. The predicted molar refractivity (Wildman–Crippen MR) is 54.8 cm³/mol. The Hall–Kier alpha value is -1.02. The van der Waals surface area contributed by atoms with Gasteiger partial charge in [-0.25, -0.2) is 0 Å². The summed E-state index contributed by atoms with van der Waals surface area (Å²) >= 11 is 0. The van der Waals surface area contributed by atoms with Crippen LogP contribution in [0.4, 0.5) is 0 Å². The van der Waals surface area contributed by atoms with Crippen molar-refractivity contribution in [2.75, 3.05) is 0 Å². The first kappa shape index (κ1) is 10.1. The Kier molecular flexibility index (Phi) is 3.32. The van der Waals surface area contributed by atoms with Crippen molar-refractivity contribution in [3.8, 4) is 5.75 Å². The summed E-state index contributed by atoms with van der Waals surface area (Å²) in [5, 5.41) is 0. The fraction of sp³-hybridized carbons (Fsp3) is 0.455. The van der Waals surface area contributed by atoms with Gasteiger partial charge in [0.05, 0.1) is 6.10 Å². The quantitative estimate of drug-likeness (QED) is 0.773. The molecule has 0 amide bonds. The van der Waals surface area contributed by atoms with Crippen molar-refractivity contribution in [1.29, 1.82) is 0 Å². The molecular weight excluding hydrogens is 162 g/mol. The van der Waals surface area contributed by atoms with Gasteiger partial charge in [-0.15, -0.1) is 0 Å². The lowest BCUT2D eigenvalue weighted by atomic mass is 10.1. The van der Waals surface area contributed by atoms with Crippen LogP contribution in [0, 0.1) is 0 Å². The van der Waals surface area contributed by atoms with Crippen LogP contribution in [-0.4, -0.2) is 6.10 Å². The third-order valence-corrected chi connectivity index (χ3v) is 1.77. The van der Waals surface area contributed by atoms with Gasteiger partial charge in [0.25, 0.3) is 0 Å². The minimum absolute atomic E-state index is 0.0231. The minimum atomic E-state index is 0.0231. The number of hydrogen-bond donors (Lipinski definition) is 1. The van der Waals surface area contributed by atoms with Crippen LogP contribution in [0.3, 0.4) is 0 Å². The summed E-state index contributed by atoms with van der Waals surface area (Å²) in [6.07, 6.45) is 0.194. The molecule has 0 bridgehead atoms. The standard InChI is InChI=1S/C11H17NO/c1-8(2)13-11-7-5-4-6-10(11)9(3)12/h4-9H,12H2,1-3H3/t9-/m0/s1. The Morgan fingerprint density at radius 1 is 1.15 bits per heavy atom. The molecule has 0 radical (unpaired) electrons. The zero-order chi connectivity index (χ0) is 9.84. The Morgan fingerprint density at radius 2 is 1.77 bits per heavy atom. The summed E-state index contributed by atoms with van der Waals surface area (Å²) in [6, 6.07) is 7.92. The Balaban J connectivity index is 2.91. The van der Waals surface area contributed by atoms with Gasteiger partial charge in [0, 0.05) is 11.6 Å². The molecule has 2 heteroatoms. The Bertz CT molecular complexity index is 269. The lowest BCUT2D eigenvalue weighted by Gasteiger charge is -2.15. The molecule has 0 heterocycles. The molecule has 0 saturated heterocycles. The summed E-state index contributed by atoms with van der Waals surface area (Å²) < 4.78 is 5.63. The first-order valence-corrected chi connectivity index (χ1v) is 4.62. The normalized spacial score (nSPS) is 13.0. The molecule has 1 atom stereocenters. The van der Waals surface area contributed by atoms with E-state index >= 15 is 0 Å². The molecule has 0 aliphatic carbocycles. The van der Waals surface area contributed by atoms with Gasteiger partial charge in [-0.3, -0.25) is 0 Å². The minimum Gasteiger partial charge on any atom is -0.491 e. The van der Waals surface area contributed by atoms with E-state index in [9.17, 15) is 0 Å². The zero-order valence-corrected chi connectivity index (χ0v) is 8.45. The summed E-state index contributed by atoms with van der Waals surface area (Å²) in [7, 11) is 0. The fourth-order valence-electron chi connectivity index (χ4n) is 1.22. The van der Waals surface area contributed by atoms with E-state index in [0.717, 1.165) is 11.3 Å². The Labute approximate surface area is 79.7 Å². The molecule has 0 aliphatic heterocycles. The predicted octanol–water partition coefficient (Wildman–Crippen LogP) is 2.49. The van der Waals surface area contributed by atoms with Crippen LogP contribution < -0.4 is 10.5 Å². The van der Waals surface area contributed by atoms with E-state index in [1.807, 2.05) is 45.0 Å². The maximum absolute atomic E-state index is 5.81. The first-order chi connectivity index (χ1) is 6.11. The summed E-state index contributed by atoms with van der Waals surface area (Å²) in [5.41, 5.74) is 6.88. The van der Waals surface area contributed by atoms with Gasteiger partial charge in [0.1, 0.15) is 5.75 Å². The molecule has 2 N–H and O–H groups in total. The molecule has 2 nitrogen and oxygen atoms in total. The second-order valence-electron chi connectivity index (χ2n) is 3.49. The van der Waals surface area contributed by atoms with Gasteiger partial charge < -0.3 is 10.5 Å². The SMILES string of the molecule is CC(C)Oc1ccccc1[C@H](C)N. The maximum Gasteiger partial charge on any atom is 0.124 e. The van der Waals surface area contributed by atoms with Gasteiger partial charge in [0.2, 0.25) is 0 Å². The summed E-state index contributed by atoms with van der Waals surface area (Å²) in [5.74, 6) is 0.896. The van der Waals surface area contributed by atoms with Gasteiger partial charge >= 0.3 is 0 Å². The molecule has 0 aliphatic rings. The number of rotatable bonds is 3. The molecule has 13 heavy (non-hydrogen) atoms. The molecule has 0 spiro atoms. The average molecular weight is 179 g/mol. The van der Waals surface area contributed by atoms with Crippen LogP contribution in [0.1, 0.15) is 32.4 Å². The van der Waals surface area contributed by atoms with Crippen molar-refractivity contribution >= 4 is 0 Å². The monoisotopic (exact) mass is 179 g/mol. The molecule has 0 aromatic heterocycles. The molecule has 0 saturated carbocycles. The summed E-state index contributed by atoms with van der Waals surface area (Å²) in [6.45, 7) is 5.98. The largest absolute Gasteiger partial charge is 0.491 e. The molecule has 1 aromatic carbocycles. The van der Waals surface area contributed by atoms with E-state index < -0.39 is 0 Å². The van der Waals surface area contributed by atoms with Crippen LogP contribution in [0.25, 0.3) is 0 Å². The average Bonchev–Trinajstić information content (AvgIpc) is 2.03. The molecule has 1 rings (SSSR count). The van der Waals surface area contributed by atoms with Crippen LogP contribution in [-0.2, 0) is 0 Å². The second kappa shape index (κ2) is 4.28. The van der Waals surface area contributed by atoms with Crippen LogP contribution >= 0.6 is 0 Å². The lowest BCUT2D eigenvalue weighted by molar-refractivity contribution is 0.239. The number of ether oxygens (including phenoxy) is 1. The van der Waals surface area contributed by atoms with Crippen molar-refractivity contribution in [3.63, 3.8) is 0 Å². The molecule has 0 unspecified atom stereocenters. The van der Waals surface area contributed by atoms with Crippen molar-refractivity contribution in [2.24, 2.45) is 5.73 Å². The molecule has 1 aromatic rings. The van der Waals surface area contributed by atoms with E-state index in [0.29, 0.717) is 0 Å². The van der Waals surface area contributed by atoms with Crippen molar-refractivity contribution in [2.45, 2.75) is 32.9 Å². The third-order valence-electron chi connectivity index (χ3n) is 1.77. The summed E-state index contributed by atoms with van der Waals surface area (Å²) in [4.78, 5) is 0. The number of para-hydroxylation sites is 1. The fourth-order valence-corrected chi connectivity index (χ4v) is 1.22. The van der Waals surface area contributed by atoms with Crippen molar-refractivity contribution in [3.05, 3.63) is 29.8 Å². The number of nitrogens with two attached hydrogens (primary N) is 1. The topological polar surface area (TPSA) is 35.2 Å². The Morgan fingerprint density at radius 3 is 2.31 bits per heavy atom. The van der Waals surface area contributed by atoms with E-state index in [4.69, 9.17) is 10.5 Å². The highest BCUT2D eigenvalue weighted by atomic mass is 16.5. The van der Waals surface area contributed by atoms with Crippen molar-refractivity contribution < 1.29 is 4.74 Å². The number of hydrogen-bond acceptors (Lipinski definition) is 2. The van der Waals surface area contributed by atoms with Crippen LogP contribution in [0.5, 0.6) is 5.75 Å². The van der Waals surface area contributed by atoms with E-state index in [2.05, 4.69) is 0 Å². The molecule has 72 valence electrons. The van der Waals surface area contributed by atoms with Crippen LogP contribution in [0.2, 0.25) is 0 Å². The highest BCUT2D eigenvalue weighted by Crippen LogP contribution is 2.23.